The summed E-state index contributed by atoms with van der Waals surface area (Å²) in [4.78, 5) is 27.8. The highest BCUT2D eigenvalue weighted by Crippen LogP contribution is 2.11. The molecule has 3 N–H and O–H groups in total. The van der Waals surface area contributed by atoms with E-state index < -0.39 is 5.97 Å². The largest absolute Gasteiger partial charge is 0.341 e. The van der Waals surface area contributed by atoms with Crippen molar-refractivity contribution in [3.63, 3.8) is 0 Å². The highest BCUT2D eigenvalue weighted by Gasteiger charge is 2.07. The van der Waals surface area contributed by atoms with Crippen LogP contribution in [0.4, 0.5) is 0 Å². The van der Waals surface area contributed by atoms with Crippen molar-refractivity contribution in [1.82, 2.24) is 5.48 Å². The molecule has 0 aliphatic rings. The number of hydroxylamine groups is 1. The van der Waals surface area contributed by atoms with Crippen molar-refractivity contribution >= 4 is 11.9 Å². The van der Waals surface area contributed by atoms with Gasteiger partial charge in [-0.05, 0) is 55.3 Å². The van der Waals surface area contributed by atoms with E-state index >= 15 is 0 Å². The average molecular weight is 368 g/mol. The minimum Gasteiger partial charge on any atom is -0.341 e. The van der Waals surface area contributed by atoms with E-state index in [1.54, 1.807) is 0 Å². The van der Waals surface area contributed by atoms with E-state index in [9.17, 15) is 9.59 Å². The first-order chi connectivity index (χ1) is 13.2. The lowest BCUT2D eigenvalue weighted by atomic mass is 10.0. The number of hydrogen-bond donors (Lipinski definition) is 2. The zero-order valence-corrected chi connectivity index (χ0v) is 15.7. The number of nitrogens with two attached hydrogens (primary N) is 1. The Morgan fingerprint density at radius 1 is 0.815 bits per heavy atom. The first-order valence-corrected chi connectivity index (χ1v) is 9.47. The normalized spacial score (nSPS) is 10.4. The number of benzene rings is 2. The molecule has 0 saturated carbocycles. The van der Waals surface area contributed by atoms with Crippen LogP contribution in [0.15, 0.2) is 54.6 Å². The third kappa shape index (κ3) is 8.51. The fraction of sp³-hybridized carbons (Fsp3) is 0.364. The Kier molecular flexibility index (Phi) is 9.07. The second-order valence-electron chi connectivity index (χ2n) is 6.58. The van der Waals surface area contributed by atoms with Gasteiger partial charge in [0.2, 0.25) is 0 Å². The van der Waals surface area contributed by atoms with Gasteiger partial charge in [0.1, 0.15) is 0 Å². The second kappa shape index (κ2) is 11.9. The first kappa shape index (κ1) is 20.6. The molecule has 0 bridgehead atoms. The summed E-state index contributed by atoms with van der Waals surface area (Å²) < 4.78 is 0. The van der Waals surface area contributed by atoms with E-state index in [0.717, 1.165) is 31.2 Å². The van der Waals surface area contributed by atoms with Crippen molar-refractivity contribution in [2.24, 2.45) is 5.73 Å². The van der Waals surface area contributed by atoms with Crippen LogP contribution in [0.2, 0.25) is 0 Å². The summed E-state index contributed by atoms with van der Waals surface area (Å²) in [5.74, 6) is -0.814. The van der Waals surface area contributed by atoms with Gasteiger partial charge in [-0.3, -0.25) is 4.79 Å². The van der Waals surface area contributed by atoms with E-state index in [4.69, 9.17) is 10.6 Å². The summed E-state index contributed by atoms with van der Waals surface area (Å²) in [7, 11) is 0. The molecule has 5 heteroatoms. The van der Waals surface area contributed by atoms with E-state index in [0.29, 0.717) is 13.0 Å². The van der Waals surface area contributed by atoms with E-state index in [1.807, 2.05) is 18.2 Å². The Hall–Kier alpha value is -2.66. The number of amides is 1. The average Bonchev–Trinajstić information content (AvgIpc) is 2.70. The molecule has 0 aromatic heterocycles. The van der Waals surface area contributed by atoms with E-state index in [1.165, 1.54) is 11.1 Å². The Morgan fingerprint density at radius 2 is 1.41 bits per heavy atom. The quantitative estimate of drug-likeness (QED) is 0.499. The predicted molar refractivity (Wildman–Crippen MR) is 106 cm³/mol. The molecule has 27 heavy (non-hydrogen) atoms. The van der Waals surface area contributed by atoms with Crippen molar-refractivity contribution in [2.45, 2.75) is 44.9 Å². The number of rotatable bonds is 10. The van der Waals surface area contributed by atoms with Gasteiger partial charge in [-0.2, -0.15) is 5.48 Å². The lowest BCUT2D eigenvalue weighted by molar-refractivity contribution is -0.158. The molecule has 0 aliphatic heterocycles. The predicted octanol–water partition coefficient (Wildman–Crippen LogP) is 3.11. The smallest absolute Gasteiger partial charge is 0.332 e. The maximum Gasteiger partial charge on any atom is 0.332 e. The summed E-state index contributed by atoms with van der Waals surface area (Å²) in [6, 6.07) is 18.5. The molecular formula is C22H28N2O3. The Bertz CT molecular complexity index is 699. The van der Waals surface area contributed by atoms with Gasteiger partial charge in [-0.25, -0.2) is 4.79 Å². The molecular weight excluding hydrogens is 340 g/mol. The molecule has 5 nitrogen and oxygen atoms in total. The molecule has 2 aromatic rings. The van der Waals surface area contributed by atoms with Gasteiger partial charge >= 0.3 is 5.97 Å². The third-order valence-corrected chi connectivity index (χ3v) is 4.28. The van der Waals surface area contributed by atoms with Gasteiger partial charge in [0.25, 0.3) is 5.91 Å². The lowest BCUT2D eigenvalue weighted by Gasteiger charge is -2.07. The number of carbonyl (C=O) groups is 2. The number of carbonyl (C=O) groups excluding carboxylic acids is 2. The minimum absolute atomic E-state index is 0.179. The van der Waals surface area contributed by atoms with Gasteiger partial charge in [0.05, 0.1) is 6.42 Å². The Morgan fingerprint density at radius 3 is 2.04 bits per heavy atom. The van der Waals surface area contributed by atoms with E-state index in [2.05, 4.69) is 41.9 Å². The van der Waals surface area contributed by atoms with Crippen LogP contribution < -0.4 is 11.2 Å². The monoisotopic (exact) mass is 368 g/mol. The van der Waals surface area contributed by atoms with Gasteiger partial charge < -0.3 is 10.6 Å². The highest BCUT2D eigenvalue weighted by atomic mass is 16.7. The number of hydrogen-bond acceptors (Lipinski definition) is 4. The molecule has 2 aromatic carbocycles. The molecule has 0 unspecified atom stereocenters. The molecule has 0 spiro atoms. The fourth-order valence-electron chi connectivity index (χ4n) is 2.76. The van der Waals surface area contributed by atoms with Gasteiger partial charge in [-0.15, -0.1) is 0 Å². The number of unbranched alkanes of at least 4 members (excludes halogenated alkanes) is 1. The van der Waals surface area contributed by atoms with Gasteiger partial charge in [0.15, 0.2) is 0 Å². The fourth-order valence-corrected chi connectivity index (χ4v) is 2.76. The molecule has 0 atom stereocenters. The molecule has 1 amide bonds. The van der Waals surface area contributed by atoms with Crippen LogP contribution in [0.25, 0.3) is 0 Å². The Balaban J connectivity index is 1.65. The standard InChI is InChI=1S/C22H28N2O3/c23-16-6-11-22(26)27-24-21(25)17-20-14-12-19(13-15-20)10-5-4-9-18-7-2-1-3-8-18/h1-3,7-8,12-15H,4-6,9-11,16-17,23H2,(H,24,25). The van der Waals surface area contributed by atoms with Crippen LogP contribution in [0.3, 0.4) is 0 Å². The molecule has 144 valence electrons. The van der Waals surface area contributed by atoms with Crippen molar-refractivity contribution < 1.29 is 14.4 Å². The maximum atomic E-state index is 11.8. The van der Waals surface area contributed by atoms with Crippen LogP contribution in [0.1, 0.15) is 42.4 Å². The summed E-state index contributed by atoms with van der Waals surface area (Å²) >= 11 is 0. The van der Waals surface area contributed by atoms with Crippen molar-refractivity contribution in [2.75, 3.05) is 6.54 Å². The highest BCUT2D eigenvalue weighted by molar-refractivity contribution is 5.79. The minimum atomic E-state index is -0.473. The van der Waals surface area contributed by atoms with Crippen molar-refractivity contribution in [3.8, 4) is 0 Å². The zero-order valence-electron chi connectivity index (χ0n) is 15.7. The summed E-state index contributed by atoms with van der Waals surface area (Å²) in [6.07, 6.45) is 5.34. The van der Waals surface area contributed by atoms with Crippen LogP contribution in [-0.2, 0) is 33.7 Å². The first-order valence-electron chi connectivity index (χ1n) is 9.47. The summed E-state index contributed by atoms with van der Waals surface area (Å²) in [5.41, 5.74) is 11.0. The topological polar surface area (TPSA) is 81.4 Å². The van der Waals surface area contributed by atoms with Crippen molar-refractivity contribution in [3.05, 3.63) is 71.3 Å². The van der Waals surface area contributed by atoms with Crippen LogP contribution >= 0.6 is 0 Å². The lowest BCUT2D eigenvalue weighted by Crippen LogP contribution is -2.28. The molecule has 0 fully saturated rings. The molecule has 0 saturated heterocycles. The third-order valence-electron chi connectivity index (χ3n) is 4.28. The SMILES string of the molecule is NCCCC(=O)ONC(=O)Cc1ccc(CCCCc2ccccc2)cc1. The van der Waals surface area contributed by atoms with Gasteiger partial charge in [0, 0.05) is 6.42 Å². The zero-order chi connectivity index (χ0) is 19.3. The molecule has 0 radical (unpaired) electrons. The van der Waals surface area contributed by atoms with Gasteiger partial charge in [-0.1, -0.05) is 54.6 Å². The molecule has 0 heterocycles. The second-order valence-corrected chi connectivity index (χ2v) is 6.58. The summed E-state index contributed by atoms with van der Waals surface area (Å²) in [5, 5.41) is 0. The number of nitrogens with one attached hydrogen (secondary N) is 1. The van der Waals surface area contributed by atoms with Crippen LogP contribution in [0, 0.1) is 0 Å². The van der Waals surface area contributed by atoms with E-state index in [-0.39, 0.29) is 18.7 Å². The van der Waals surface area contributed by atoms with Crippen molar-refractivity contribution in [1.29, 1.82) is 0 Å². The molecule has 2 rings (SSSR count). The number of aryl methyl sites for hydroxylation is 2. The van der Waals surface area contributed by atoms with Crippen LogP contribution in [0.5, 0.6) is 0 Å². The Labute approximate surface area is 160 Å². The molecule has 0 aliphatic carbocycles. The summed E-state index contributed by atoms with van der Waals surface area (Å²) in [6.45, 7) is 0.418. The maximum absolute atomic E-state index is 11.8. The van der Waals surface area contributed by atoms with Crippen LogP contribution in [-0.4, -0.2) is 18.4 Å².